The highest BCUT2D eigenvalue weighted by Gasteiger charge is 2.46. The van der Waals surface area contributed by atoms with Crippen molar-refractivity contribution in [2.45, 2.75) is 32.1 Å². The lowest BCUT2D eigenvalue weighted by atomic mass is 9.54. The van der Waals surface area contributed by atoms with Crippen LogP contribution in [0.4, 0.5) is 0 Å². The van der Waals surface area contributed by atoms with Gasteiger partial charge < -0.3 is 9.47 Å². The van der Waals surface area contributed by atoms with Crippen molar-refractivity contribution in [3.05, 3.63) is 53.6 Å². The van der Waals surface area contributed by atoms with Gasteiger partial charge in [0.15, 0.2) is 0 Å². The van der Waals surface area contributed by atoms with Crippen molar-refractivity contribution < 1.29 is 9.47 Å². The first-order chi connectivity index (χ1) is 14.7. The van der Waals surface area contributed by atoms with Gasteiger partial charge in [0.25, 0.3) is 0 Å². The molecule has 4 saturated carbocycles. The number of methoxy groups -OCH3 is 2. The molecule has 7 rings (SSSR count). The molecule has 2 aromatic carbocycles. The Balaban J connectivity index is 1.48. The maximum atomic E-state index is 6.11. The van der Waals surface area contributed by atoms with Gasteiger partial charge in [0.05, 0.1) is 18.9 Å². The van der Waals surface area contributed by atoms with Crippen LogP contribution in [0.15, 0.2) is 48.0 Å². The normalized spacial score (nSPS) is 26.9. The summed E-state index contributed by atoms with van der Waals surface area (Å²) in [7, 11) is 3.58. The van der Waals surface area contributed by atoms with Gasteiger partial charge in [-0.15, -0.1) is 11.3 Å². The molecule has 0 aliphatic heterocycles. The minimum Gasteiger partial charge on any atom is -0.496 e. The van der Waals surface area contributed by atoms with Crippen molar-refractivity contribution >= 4 is 27.3 Å². The fourth-order valence-electron chi connectivity index (χ4n) is 6.45. The Labute approximate surface area is 181 Å². The molecule has 1 aromatic heterocycles. The maximum Gasteiger partial charge on any atom is 0.146 e. The second kappa shape index (κ2) is 7.12. The van der Waals surface area contributed by atoms with Crippen molar-refractivity contribution in [1.29, 1.82) is 0 Å². The van der Waals surface area contributed by atoms with E-state index in [1.54, 1.807) is 24.0 Å². The van der Waals surface area contributed by atoms with E-state index in [0.29, 0.717) is 11.8 Å². The number of allylic oxidation sites excluding steroid dienone is 1. The van der Waals surface area contributed by atoms with Gasteiger partial charge in [-0.05, 0) is 73.5 Å². The smallest absolute Gasteiger partial charge is 0.146 e. The third-order valence-electron chi connectivity index (χ3n) is 7.45. The number of ether oxygens (including phenoxy) is 2. The van der Waals surface area contributed by atoms with E-state index in [1.165, 1.54) is 32.1 Å². The Kier molecular flexibility index (Phi) is 4.38. The lowest BCUT2D eigenvalue weighted by Crippen LogP contribution is -2.40. The summed E-state index contributed by atoms with van der Waals surface area (Å²) in [6.07, 6.45) is 6.88. The van der Waals surface area contributed by atoms with Gasteiger partial charge >= 0.3 is 0 Å². The summed E-state index contributed by atoms with van der Waals surface area (Å²) in [4.78, 5) is 4.90. The topological polar surface area (TPSA) is 31.4 Å². The number of hydrogen-bond donors (Lipinski definition) is 0. The quantitative estimate of drug-likeness (QED) is 0.438. The molecule has 3 aromatic rings. The fraction of sp³-hybridized carbons (Fsp3) is 0.423. The van der Waals surface area contributed by atoms with Crippen molar-refractivity contribution in [1.82, 2.24) is 4.98 Å². The molecule has 154 valence electrons. The second-order valence-corrected chi connectivity index (χ2v) is 10.2. The number of thiazole rings is 1. The summed E-state index contributed by atoms with van der Waals surface area (Å²) < 4.78 is 13.0. The summed E-state index contributed by atoms with van der Waals surface area (Å²) in [6.45, 7) is 0. The molecule has 0 saturated heterocycles. The number of benzene rings is 2. The minimum atomic E-state index is 0.708. The van der Waals surface area contributed by atoms with E-state index >= 15 is 0 Å². The highest BCUT2D eigenvalue weighted by molar-refractivity contribution is 7.21. The molecule has 3 nitrogen and oxygen atoms in total. The van der Waals surface area contributed by atoms with Crippen LogP contribution >= 0.6 is 11.3 Å². The highest BCUT2D eigenvalue weighted by atomic mass is 32.1. The standard InChI is InChI=1S/C26H27NO2S/c1-28-21-13-20(14-22-24(21)27-26(30-22)17-6-4-3-5-7-17)25(29-2)23-18-9-15-8-16(11-18)12-19(23)10-15/h3-7,13-16,18-19H,8-12H2,1-2H3. The van der Waals surface area contributed by atoms with E-state index in [9.17, 15) is 0 Å². The van der Waals surface area contributed by atoms with Crippen LogP contribution in [0.5, 0.6) is 5.75 Å². The minimum absolute atomic E-state index is 0.708. The number of nitrogens with zero attached hydrogens (tertiary/aromatic N) is 1. The number of hydrogen-bond acceptors (Lipinski definition) is 4. The summed E-state index contributed by atoms with van der Waals surface area (Å²) in [5, 5.41) is 1.03. The molecule has 1 heterocycles. The molecule has 0 spiro atoms. The maximum absolute atomic E-state index is 6.11. The van der Waals surface area contributed by atoms with Gasteiger partial charge in [0.1, 0.15) is 22.0 Å². The summed E-state index contributed by atoms with van der Waals surface area (Å²) in [5.74, 6) is 5.24. The van der Waals surface area contributed by atoms with Gasteiger partial charge in [0, 0.05) is 11.1 Å². The van der Waals surface area contributed by atoms with E-state index in [-0.39, 0.29) is 0 Å². The van der Waals surface area contributed by atoms with Crippen LogP contribution in [0.25, 0.3) is 26.5 Å². The third-order valence-corrected chi connectivity index (χ3v) is 8.50. The Bertz CT molecular complexity index is 1100. The Morgan fingerprint density at radius 1 is 0.933 bits per heavy atom. The van der Waals surface area contributed by atoms with Gasteiger partial charge in [-0.2, -0.15) is 0 Å². The molecule has 0 radical (unpaired) electrons. The molecule has 4 aliphatic carbocycles. The molecule has 0 N–H and O–H groups in total. The lowest BCUT2D eigenvalue weighted by molar-refractivity contribution is 0.0675. The van der Waals surface area contributed by atoms with E-state index in [0.717, 1.165) is 49.7 Å². The molecule has 4 bridgehead atoms. The van der Waals surface area contributed by atoms with Crippen molar-refractivity contribution in [2.24, 2.45) is 23.7 Å². The SMILES string of the molecule is COC(=C1C2CC3CC(C2)CC1C3)c1cc(OC)c2nc(-c3ccccc3)sc2c1. The molecule has 0 amide bonds. The monoisotopic (exact) mass is 417 g/mol. The number of aromatic nitrogens is 1. The van der Waals surface area contributed by atoms with Crippen LogP contribution in [-0.4, -0.2) is 19.2 Å². The zero-order valence-electron chi connectivity index (χ0n) is 17.6. The first-order valence-electron chi connectivity index (χ1n) is 11.1. The van der Waals surface area contributed by atoms with Crippen LogP contribution in [0.1, 0.15) is 37.7 Å². The zero-order chi connectivity index (χ0) is 20.2. The van der Waals surface area contributed by atoms with Crippen LogP contribution < -0.4 is 4.74 Å². The summed E-state index contributed by atoms with van der Waals surface area (Å²) in [5.41, 5.74) is 4.82. The Hall–Kier alpha value is -2.33. The van der Waals surface area contributed by atoms with E-state index in [2.05, 4.69) is 36.4 Å². The molecular formula is C26H27NO2S. The zero-order valence-corrected chi connectivity index (χ0v) is 18.4. The third kappa shape index (κ3) is 2.88. The predicted octanol–water partition coefficient (Wildman–Crippen LogP) is 6.79. The van der Waals surface area contributed by atoms with Crippen LogP contribution in [0.3, 0.4) is 0 Å². The molecule has 4 fully saturated rings. The lowest BCUT2D eigenvalue weighted by Gasteiger charge is -2.51. The van der Waals surface area contributed by atoms with E-state index in [1.807, 2.05) is 13.2 Å². The second-order valence-electron chi connectivity index (χ2n) is 9.20. The molecule has 4 heteroatoms. The highest BCUT2D eigenvalue weighted by Crippen LogP contribution is 2.58. The molecule has 30 heavy (non-hydrogen) atoms. The molecule has 0 atom stereocenters. The summed E-state index contributed by atoms with van der Waals surface area (Å²) >= 11 is 1.73. The van der Waals surface area contributed by atoms with E-state index < -0.39 is 0 Å². The van der Waals surface area contributed by atoms with Crippen LogP contribution in [0, 0.1) is 23.7 Å². The van der Waals surface area contributed by atoms with Crippen LogP contribution in [0.2, 0.25) is 0 Å². The van der Waals surface area contributed by atoms with Gasteiger partial charge in [-0.1, -0.05) is 30.3 Å². The van der Waals surface area contributed by atoms with Gasteiger partial charge in [0.2, 0.25) is 0 Å². The van der Waals surface area contributed by atoms with Crippen LogP contribution in [-0.2, 0) is 4.74 Å². The average Bonchev–Trinajstić information content (AvgIpc) is 3.20. The first kappa shape index (κ1) is 18.4. The Morgan fingerprint density at radius 2 is 1.63 bits per heavy atom. The predicted molar refractivity (Wildman–Crippen MR) is 123 cm³/mol. The van der Waals surface area contributed by atoms with Crippen molar-refractivity contribution in [3.8, 4) is 16.3 Å². The van der Waals surface area contributed by atoms with Gasteiger partial charge in [-0.25, -0.2) is 4.98 Å². The first-order valence-corrected chi connectivity index (χ1v) is 11.9. The molecule has 0 unspecified atom stereocenters. The average molecular weight is 418 g/mol. The largest absolute Gasteiger partial charge is 0.496 e. The fourth-order valence-corrected chi connectivity index (χ4v) is 7.48. The van der Waals surface area contributed by atoms with Crippen molar-refractivity contribution in [2.75, 3.05) is 14.2 Å². The number of rotatable bonds is 4. The van der Waals surface area contributed by atoms with Gasteiger partial charge in [-0.3, -0.25) is 0 Å². The summed E-state index contributed by atoms with van der Waals surface area (Å²) in [6, 6.07) is 14.8. The molecule has 4 aliphatic rings. The van der Waals surface area contributed by atoms with Crippen molar-refractivity contribution in [3.63, 3.8) is 0 Å². The van der Waals surface area contributed by atoms with E-state index in [4.69, 9.17) is 14.5 Å². The molecular weight excluding hydrogens is 390 g/mol. The Morgan fingerprint density at radius 3 is 2.27 bits per heavy atom. The number of fused-ring (bicyclic) bond motifs is 1.